The minimum Gasteiger partial charge on any atom is -0.497 e. The van der Waals surface area contributed by atoms with E-state index >= 15 is 0 Å². The Morgan fingerprint density at radius 2 is 2.00 bits per heavy atom. The zero-order valence-corrected chi connectivity index (χ0v) is 9.97. The van der Waals surface area contributed by atoms with Gasteiger partial charge in [0.1, 0.15) is 5.75 Å². The molecule has 1 aromatic carbocycles. The fraction of sp³-hybridized carbons (Fsp3) is 0.308. The molecule has 0 bridgehead atoms. The number of ether oxygens (including phenoxy) is 1. The molecule has 0 saturated heterocycles. The van der Waals surface area contributed by atoms with E-state index in [4.69, 9.17) is 10.5 Å². The van der Waals surface area contributed by atoms with Crippen molar-refractivity contribution in [1.82, 2.24) is 9.78 Å². The Labute approximate surface area is 101 Å². The van der Waals surface area contributed by atoms with E-state index in [0.29, 0.717) is 6.54 Å². The van der Waals surface area contributed by atoms with Crippen molar-refractivity contribution in [1.29, 1.82) is 0 Å². The van der Waals surface area contributed by atoms with Crippen molar-refractivity contribution in [3.63, 3.8) is 0 Å². The molecule has 0 amide bonds. The molecule has 2 N–H and O–H groups in total. The minimum atomic E-state index is 0.692. The molecule has 1 heterocycles. The lowest BCUT2D eigenvalue weighted by Crippen LogP contribution is -2.06. The van der Waals surface area contributed by atoms with Gasteiger partial charge in [0.05, 0.1) is 12.8 Å². The lowest BCUT2D eigenvalue weighted by Gasteiger charge is -2.01. The summed E-state index contributed by atoms with van der Waals surface area (Å²) < 4.78 is 7.05. The zero-order valence-electron chi connectivity index (χ0n) is 9.97. The fourth-order valence-electron chi connectivity index (χ4n) is 1.66. The molecule has 4 nitrogen and oxygen atoms in total. The standard InChI is InChI=1S/C13H17N3O/c1-17-12-5-3-11(4-6-12)13-7-10-16(15-13)9-2-8-14/h3-7,10H,2,8-9,14H2,1H3. The van der Waals surface area contributed by atoms with E-state index in [-0.39, 0.29) is 0 Å². The van der Waals surface area contributed by atoms with Crippen LogP contribution in [0.5, 0.6) is 5.75 Å². The Kier molecular flexibility index (Phi) is 3.77. The third-order valence-corrected chi connectivity index (χ3v) is 2.62. The van der Waals surface area contributed by atoms with Crippen LogP contribution in [0.15, 0.2) is 36.5 Å². The largest absolute Gasteiger partial charge is 0.497 e. The van der Waals surface area contributed by atoms with Crippen LogP contribution in [0.25, 0.3) is 11.3 Å². The monoisotopic (exact) mass is 231 g/mol. The fourth-order valence-corrected chi connectivity index (χ4v) is 1.66. The van der Waals surface area contributed by atoms with Crippen LogP contribution >= 0.6 is 0 Å². The quantitative estimate of drug-likeness (QED) is 0.855. The van der Waals surface area contributed by atoms with Gasteiger partial charge in [-0.3, -0.25) is 4.68 Å². The van der Waals surface area contributed by atoms with Crippen LogP contribution in [0.2, 0.25) is 0 Å². The van der Waals surface area contributed by atoms with Gasteiger partial charge in [-0.1, -0.05) is 0 Å². The number of aromatic nitrogens is 2. The summed E-state index contributed by atoms with van der Waals surface area (Å²) in [5.41, 5.74) is 7.54. The summed E-state index contributed by atoms with van der Waals surface area (Å²) in [5, 5.41) is 4.49. The summed E-state index contributed by atoms with van der Waals surface area (Å²) in [4.78, 5) is 0. The Hall–Kier alpha value is -1.81. The van der Waals surface area contributed by atoms with Crippen LogP contribution < -0.4 is 10.5 Å². The molecule has 0 aliphatic heterocycles. The Balaban J connectivity index is 2.12. The van der Waals surface area contributed by atoms with E-state index in [1.54, 1.807) is 7.11 Å². The highest BCUT2D eigenvalue weighted by Gasteiger charge is 2.02. The second-order valence-electron chi connectivity index (χ2n) is 3.83. The van der Waals surface area contributed by atoms with Gasteiger partial charge in [-0.05, 0) is 43.3 Å². The van der Waals surface area contributed by atoms with E-state index in [0.717, 1.165) is 30.0 Å². The molecular formula is C13H17N3O. The molecule has 0 saturated carbocycles. The maximum absolute atomic E-state index is 5.47. The van der Waals surface area contributed by atoms with Crippen LogP contribution in [0.3, 0.4) is 0 Å². The van der Waals surface area contributed by atoms with Crippen LogP contribution in [0, 0.1) is 0 Å². The molecule has 0 aliphatic rings. The topological polar surface area (TPSA) is 53.1 Å². The smallest absolute Gasteiger partial charge is 0.118 e. The zero-order chi connectivity index (χ0) is 12.1. The molecule has 0 unspecified atom stereocenters. The molecule has 0 aliphatic carbocycles. The summed E-state index contributed by atoms with van der Waals surface area (Å²) in [7, 11) is 1.66. The third-order valence-electron chi connectivity index (χ3n) is 2.62. The van der Waals surface area contributed by atoms with E-state index in [1.807, 2.05) is 41.2 Å². The molecule has 17 heavy (non-hydrogen) atoms. The molecular weight excluding hydrogens is 214 g/mol. The molecule has 4 heteroatoms. The number of hydrogen-bond donors (Lipinski definition) is 1. The van der Waals surface area contributed by atoms with Gasteiger partial charge >= 0.3 is 0 Å². The highest BCUT2D eigenvalue weighted by atomic mass is 16.5. The minimum absolute atomic E-state index is 0.692. The summed E-state index contributed by atoms with van der Waals surface area (Å²) in [6, 6.07) is 9.91. The van der Waals surface area contributed by atoms with Crippen LogP contribution in [0.4, 0.5) is 0 Å². The molecule has 0 fully saturated rings. The highest BCUT2D eigenvalue weighted by Crippen LogP contribution is 2.20. The molecule has 0 spiro atoms. The van der Waals surface area contributed by atoms with Gasteiger partial charge in [-0.15, -0.1) is 0 Å². The van der Waals surface area contributed by atoms with Gasteiger partial charge in [0.2, 0.25) is 0 Å². The summed E-state index contributed by atoms with van der Waals surface area (Å²) in [6.45, 7) is 1.56. The first-order valence-corrected chi connectivity index (χ1v) is 5.71. The maximum atomic E-state index is 5.47. The average Bonchev–Trinajstić information content (AvgIpc) is 2.85. The van der Waals surface area contributed by atoms with Crippen molar-refractivity contribution < 1.29 is 4.74 Å². The number of nitrogens with two attached hydrogens (primary N) is 1. The number of nitrogens with zero attached hydrogens (tertiary/aromatic N) is 2. The van der Waals surface area contributed by atoms with E-state index in [2.05, 4.69) is 5.10 Å². The summed E-state index contributed by atoms with van der Waals surface area (Å²) in [5.74, 6) is 0.858. The van der Waals surface area contributed by atoms with Crippen molar-refractivity contribution in [2.45, 2.75) is 13.0 Å². The van der Waals surface area contributed by atoms with Gasteiger partial charge in [-0.25, -0.2) is 0 Å². The first-order valence-electron chi connectivity index (χ1n) is 5.71. The number of rotatable bonds is 5. The SMILES string of the molecule is COc1ccc(-c2ccn(CCCN)n2)cc1. The Bertz CT molecular complexity index is 462. The molecule has 0 radical (unpaired) electrons. The van der Waals surface area contributed by atoms with Crippen molar-refractivity contribution in [2.75, 3.05) is 13.7 Å². The number of methoxy groups -OCH3 is 1. The lowest BCUT2D eigenvalue weighted by atomic mass is 10.1. The molecule has 1 aromatic heterocycles. The lowest BCUT2D eigenvalue weighted by molar-refractivity contribution is 0.415. The van der Waals surface area contributed by atoms with E-state index in [1.165, 1.54) is 0 Å². The van der Waals surface area contributed by atoms with Crippen LogP contribution in [-0.4, -0.2) is 23.4 Å². The van der Waals surface area contributed by atoms with Crippen molar-refractivity contribution in [3.05, 3.63) is 36.5 Å². The predicted octanol–water partition coefficient (Wildman–Crippen LogP) is 1.91. The number of aryl methyl sites for hydroxylation is 1. The van der Waals surface area contributed by atoms with Gasteiger partial charge in [0, 0.05) is 18.3 Å². The van der Waals surface area contributed by atoms with Crippen molar-refractivity contribution in [2.24, 2.45) is 5.73 Å². The Morgan fingerprint density at radius 1 is 1.24 bits per heavy atom. The van der Waals surface area contributed by atoms with Gasteiger partial charge in [0.25, 0.3) is 0 Å². The van der Waals surface area contributed by atoms with Crippen molar-refractivity contribution in [3.8, 4) is 17.0 Å². The number of benzene rings is 1. The maximum Gasteiger partial charge on any atom is 0.118 e. The molecule has 0 atom stereocenters. The third kappa shape index (κ3) is 2.85. The molecule has 2 rings (SSSR count). The molecule has 90 valence electrons. The summed E-state index contributed by atoms with van der Waals surface area (Å²) in [6.07, 6.45) is 2.93. The second kappa shape index (κ2) is 5.50. The summed E-state index contributed by atoms with van der Waals surface area (Å²) >= 11 is 0. The highest BCUT2D eigenvalue weighted by molar-refractivity contribution is 5.59. The average molecular weight is 231 g/mol. The van der Waals surface area contributed by atoms with Crippen molar-refractivity contribution >= 4 is 0 Å². The van der Waals surface area contributed by atoms with Gasteiger partial charge in [-0.2, -0.15) is 5.10 Å². The number of hydrogen-bond acceptors (Lipinski definition) is 3. The first-order chi connectivity index (χ1) is 8.33. The normalized spacial score (nSPS) is 10.5. The van der Waals surface area contributed by atoms with E-state index < -0.39 is 0 Å². The van der Waals surface area contributed by atoms with Crippen LogP contribution in [-0.2, 0) is 6.54 Å². The van der Waals surface area contributed by atoms with Gasteiger partial charge < -0.3 is 10.5 Å². The first kappa shape index (κ1) is 11.7. The molecule has 2 aromatic rings. The Morgan fingerprint density at radius 3 is 2.65 bits per heavy atom. The second-order valence-corrected chi connectivity index (χ2v) is 3.83. The van der Waals surface area contributed by atoms with Gasteiger partial charge in [0.15, 0.2) is 0 Å². The predicted molar refractivity (Wildman–Crippen MR) is 67.9 cm³/mol. The van der Waals surface area contributed by atoms with E-state index in [9.17, 15) is 0 Å². The van der Waals surface area contributed by atoms with Crippen LogP contribution in [0.1, 0.15) is 6.42 Å².